The van der Waals surface area contributed by atoms with Crippen LogP contribution in [-0.4, -0.2) is 42.5 Å². The highest BCUT2D eigenvalue weighted by molar-refractivity contribution is 5.80. The Hall–Kier alpha value is -2.08. The van der Waals surface area contributed by atoms with E-state index >= 15 is 0 Å². The van der Waals surface area contributed by atoms with E-state index in [1.807, 2.05) is 30.3 Å². The molecule has 114 valence electrons. The van der Waals surface area contributed by atoms with Crippen molar-refractivity contribution in [3.05, 3.63) is 30.3 Å². The largest absolute Gasteiger partial charge is 0.376 e. The minimum absolute atomic E-state index is 0.0600. The first kappa shape index (κ1) is 15.3. The van der Waals surface area contributed by atoms with Gasteiger partial charge >= 0.3 is 5.97 Å². The Bertz CT molecular complexity index is 470. The van der Waals surface area contributed by atoms with E-state index in [1.54, 1.807) is 4.90 Å². The van der Waals surface area contributed by atoms with Gasteiger partial charge in [0.15, 0.2) is 0 Å². The topological polar surface area (TPSA) is 67.9 Å². The predicted molar refractivity (Wildman–Crippen MR) is 77.4 cm³/mol. The number of hydrogen-bond donors (Lipinski definition) is 1. The molecule has 1 heterocycles. The van der Waals surface area contributed by atoms with Gasteiger partial charge in [0, 0.05) is 25.7 Å². The van der Waals surface area contributed by atoms with Crippen LogP contribution in [-0.2, 0) is 19.4 Å². The van der Waals surface area contributed by atoms with Crippen LogP contribution in [0.25, 0.3) is 0 Å². The molecule has 1 fully saturated rings. The van der Waals surface area contributed by atoms with Crippen LogP contribution in [0.4, 0.5) is 5.69 Å². The van der Waals surface area contributed by atoms with Crippen LogP contribution < -0.4 is 5.32 Å². The molecule has 0 aliphatic carbocycles. The van der Waals surface area contributed by atoms with E-state index < -0.39 is 5.97 Å². The number of nitrogens with zero attached hydrogens (tertiary/aromatic N) is 1. The highest BCUT2D eigenvalue weighted by atomic mass is 17.2. The number of piperidine rings is 1. The summed E-state index contributed by atoms with van der Waals surface area (Å²) < 4.78 is 0. The van der Waals surface area contributed by atoms with Crippen molar-refractivity contribution in [2.75, 3.05) is 25.0 Å². The van der Waals surface area contributed by atoms with E-state index in [2.05, 4.69) is 10.2 Å². The number of amides is 1. The lowest BCUT2D eigenvalue weighted by Crippen LogP contribution is -2.43. The van der Waals surface area contributed by atoms with Crippen molar-refractivity contribution in [3.8, 4) is 0 Å². The minimum Gasteiger partial charge on any atom is -0.376 e. The molecule has 0 radical (unpaired) electrons. The van der Waals surface area contributed by atoms with Crippen molar-refractivity contribution in [2.24, 2.45) is 0 Å². The van der Waals surface area contributed by atoms with Crippen molar-refractivity contribution in [1.82, 2.24) is 4.90 Å². The number of hydrogen-bond acceptors (Lipinski definition) is 5. The number of carbonyl (C=O) groups is 2. The van der Waals surface area contributed by atoms with Gasteiger partial charge in [0.25, 0.3) is 0 Å². The number of anilines is 1. The van der Waals surface area contributed by atoms with Crippen LogP contribution in [0.15, 0.2) is 30.3 Å². The molecule has 0 spiro atoms. The number of nitrogens with one attached hydrogen (secondary N) is 1. The van der Waals surface area contributed by atoms with Gasteiger partial charge in [-0.1, -0.05) is 18.2 Å². The molecule has 0 saturated carbocycles. The number of likely N-dealkylation sites (tertiary alicyclic amines) is 1. The number of rotatable bonds is 5. The average molecular weight is 292 g/mol. The summed E-state index contributed by atoms with van der Waals surface area (Å²) in [4.78, 5) is 34.1. The first-order valence-corrected chi connectivity index (χ1v) is 7.06. The lowest BCUT2D eigenvalue weighted by molar-refractivity contribution is -0.301. The summed E-state index contributed by atoms with van der Waals surface area (Å²) in [5.41, 5.74) is 0.930. The molecule has 1 N–H and O–H groups in total. The molecule has 21 heavy (non-hydrogen) atoms. The third kappa shape index (κ3) is 5.07. The molecule has 1 amide bonds. The number of para-hydroxylation sites is 1. The zero-order valence-corrected chi connectivity index (χ0v) is 12.1. The number of benzene rings is 1. The summed E-state index contributed by atoms with van der Waals surface area (Å²) in [6, 6.07) is 9.62. The molecule has 1 saturated heterocycles. The van der Waals surface area contributed by atoms with Gasteiger partial charge in [-0.3, -0.25) is 9.68 Å². The molecular formula is C15H20N2O4. The van der Waals surface area contributed by atoms with Crippen LogP contribution in [0.3, 0.4) is 0 Å². The molecule has 1 aromatic carbocycles. The highest BCUT2D eigenvalue weighted by Crippen LogP contribution is 2.14. The maximum Gasteiger partial charge on any atom is 0.339 e. The Kier molecular flexibility index (Phi) is 5.57. The predicted octanol–water partition coefficient (Wildman–Crippen LogP) is 1.58. The zero-order valence-electron chi connectivity index (χ0n) is 12.1. The molecule has 1 aromatic rings. The summed E-state index contributed by atoms with van der Waals surface area (Å²) in [5.74, 6) is -0.398. The Morgan fingerprint density at radius 2 is 1.90 bits per heavy atom. The first-order valence-electron chi connectivity index (χ1n) is 7.06. The Balaban J connectivity index is 1.69. The van der Waals surface area contributed by atoms with Gasteiger partial charge in [-0.2, -0.15) is 4.89 Å². The van der Waals surface area contributed by atoms with Crippen LogP contribution in [0, 0.1) is 0 Å². The quantitative estimate of drug-likeness (QED) is 0.659. The van der Waals surface area contributed by atoms with Gasteiger partial charge in [-0.15, -0.1) is 0 Å². The Labute approximate surface area is 123 Å². The lowest BCUT2D eigenvalue weighted by atomic mass is 10.1. The van der Waals surface area contributed by atoms with Gasteiger partial charge in [0.1, 0.15) is 6.10 Å². The maximum absolute atomic E-state index is 12.1. The molecule has 6 heteroatoms. The van der Waals surface area contributed by atoms with Crippen molar-refractivity contribution in [1.29, 1.82) is 0 Å². The summed E-state index contributed by atoms with van der Waals surface area (Å²) >= 11 is 0. The molecule has 0 bridgehead atoms. The van der Waals surface area contributed by atoms with Crippen molar-refractivity contribution < 1.29 is 19.4 Å². The Morgan fingerprint density at radius 3 is 2.52 bits per heavy atom. The molecule has 0 atom stereocenters. The van der Waals surface area contributed by atoms with Crippen LogP contribution in [0.2, 0.25) is 0 Å². The monoisotopic (exact) mass is 292 g/mol. The second-order valence-corrected chi connectivity index (χ2v) is 4.97. The summed E-state index contributed by atoms with van der Waals surface area (Å²) in [7, 11) is 0. The third-order valence-corrected chi connectivity index (χ3v) is 3.31. The SMILES string of the molecule is CC(=O)OOC1CCN(C(=O)CNc2ccccc2)CC1. The molecule has 0 aromatic heterocycles. The summed E-state index contributed by atoms with van der Waals surface area (Å²) in [6.45, 7) is 2.80. The second kappa shape index (κ2) is 7.64. The van der Waals surface area contributed by atoms with Gasteiger partial charge in [-0.25, -0.2) is 4.79 Å². The fraction of sp³-hybridized carbons (Fsp3) is 0.467. The molecule has 2 rings (SSSR count). The second-order valence-electron chi connectivity index (χ2n) is 4.97. The van der Waals surface area contributed by atoms with Gasteiger partial charge in [0.2, 0.25) is 5.91 Å². The molecule has 6 nitrogen and oxygen atoms in total. The van der Waals surface area contributed by atoms with E-state index in [4.69, 9.17) is 4.89 Å². The fourth-order valence-corrected chi connectivity index (χ4v) is 2.18. The lowest BCUT2D eigenvalue weighted by Gasteiger charge is -2.30. The van der Waals surface area contributed by atoms with E-state index in [0.717, 1.165) is 5.69 Å². The zero-order chi connectivity index (χ0) is 15.1. The smallest absolute Gasteiger partial charge is 0.339 e. The van der Waals surface area contributed by atoms with Crippen molar-refractivity contribution in [2.45, 2.75) is 25.9 Å². The number of carbonyl (C=O) groups excluding carboxylic acids is 2. The van der Waals surface area contributed by atoms with Crippen LogP contribution >= 0.6 is 0 Å². The molecule has 1 aliphatic heterocycles. The Morgan fingerprint density at radius 1 is 1.24 bits per heavy atom. The fourth-order valence-electron chi connectivity index (χ4n) is 2.18. The minimum atomic E-state index is -0.458. The molecule has 1 aliphatic rings. The summed E-state index contributed by atoms with van der Waals surface area (Å²) in [6.07, 6.45) is 1.22. The van der Waals surface area contributed by atoms with Crippen LogP contribution in [0.5, 0.6) is 0 Å². The van der Waals surface area contributed by atoms with Crippen molar-refractivity contribution in [3.63, 3.8) is 0 Å². The van der Waals surface area contributed by atoms with Crippen LogP contribution in [0.1, 0.15) is 19.8 Å². The standard InChI is InChI=1S/C15H20N2O4/c1-12(18)20-21-14-7-9-17(10-8-14)15(19)11-16-13-5-3-2-4-6-13/h2-6,14,16H,7-11H2,1H3. The van der Waals surface area contributed by atoms with E-state index in [1.165, 1.54) is 6.92 Å². The van der Waals surface area contributed by atoms with Gasteiger partial charge in [0.05, 0.1) is 6.54 Å². The molecular weight excluding hydrogens is 272 g/mol. The first-order chi connectivity index (χ1) is 10.1. The third-order valence-electron chi connectivity index (χ3n) is 3.31. The van der Waals surface area contributed by atoms with E-state index in [-0.39, 0.29) is 18.6 Å². The maximum atomic E-state index is 12.1. The van der Waals surface area contributed by atoms with E-state index in [0.29, 0.717) is 25.9 Å². The summed E-state index contributed by atoms with van der Waals surface area (Å²) in [5, 5.41) is 3.10. The van der Waals surface area contributed by atoms with E-state index in [9.17, 15) is 9.59 Å². The molecule has 0 unspecified atom stereocenters. The van der Waals surface area contributed by atoms with Gasteiger partial charge in [-0.05, 0) is 25.0 Å². The van der Waals surface area contributed by atoms with Crippen molar-refractivity contribution >= 4 is 17.6 Å². The average Bonchev–Trinajstić information content (AvgIpc) is 2.52. The highest BCUT2D eigenvalue weighted by Gasteiger charge is 2.24. The van der Waals surface area contributed by atoms with Gasteiger partial charge < -0.3 is 10.2 Å². The normalized spacial score (nSPS) is 15.6.